The second-order valence-electron chi connectivity index (χ2n) is 4.89. The van der Waals surface area contributed by atoms with Crippen molar-refractivity contribution in [1.82, 2.24) is 0 Å². The smallest absolute Gasteiger partial charge is 0.267 e. The van der Waals surface area contributed by atoms with Crippen molar-refractivity contribution in [3.63, 3.8) is 0 Å². The Balaban J connectivity index is 1.92. The predicted molar refractivity (Wildman–Crippen MR) is 91.5 cm³/mol. The number of halogens is 2. The zero-order valence-electron chi connectivity index (χ0n) is 11.8. The molecule has 0 bridgehead atoms. The van der Waals surface area contributed by atoms with E-state index in [-0.39, 0.29) is 5.91 Å². The van der Waals surface area contributed by atoms with Gasteiger partial charge >= 0.3 is 0 Å². The Morgan fingerprint density at radius 3 is 2.09 bits per heavy atom. The molecule has 0 saturated carbocycles. The summed E-state index contributed by atoms with van der Waals surface area (Å²) in [5.41, 5.74) is 2.83. The molecule has 3 rings (SSSR count). The van der Waals surface area contributed by atoms with E-state index in [0.717, 1.165) is 5.56 Å². The molecule has 1 aliphatic heterocycles. The lowest BCUT2D eigenvalue weighted by atomic mass is 10.1. The lowest BCUT2D eigenvalue weighted by molar-refractivity contribution is -0.114. The molecule has 0 saturated heterocycles. The van der Waals surface area contributed by atoms with Crippen LogP contribution in [-0.4, -0.2) is 11.6 Å². The maximum absolute atomic E-state index is 12.6. The summed E-state index contributed by atoms with van der Waals surface area (Å²) in [5, 5.41) is 6.99. The van der Waals surface area contributed by atoms with Crippen molar-refractivity contribution in [2.75, 3.05) is 5.01 Å². The molecular weight excluding hydrogens is 319 g/mol. The largest absolute Gasteiger partial charge is 0.280 e. The summed E-state index contributed by atoms with van der Waals surface area (Å²) in [6.45, 7) is 1.82. The highest BCUT2D eigenvalue weighted by Gasteiger charge is 2.28. The summed E-state index contributed by atoms with van der Waals surface area (Å²) in [4.78, 5) is 12.6. The number of benzene rings is 2. The Bertz CT molecular complexity index is 777. The van der Waals surface area contributed by atoms with Gasteiger partial charge in [-0.3, -0.25) is 4.79 Å². The third-order valence-corrected chi connectivity index (χ3v) is 3.82. The van der Waals surface area contributed by atoms with E-state index in [1.807, 2.05) is 25.1 Å². The van der Waals surface area contributed by atoms with Gasteiger partial charge in [0.05, 0.1) is 17.0 Å². The van der Waals surface area contributed by atoms with Crippen molar-refractivity contribution in [2.45, 2.75) is 6.92 Å². The summed E-state index contributed by atoms with van der Waals surface area (Å²) in [6.07, 6.45) is 1.81. The average Bonchev–Trinajstić information content (AvgIpc) is 2.78. The van der Waals surface area contributed by atoms with E-state index in [1.54, 1.807) is 36.4 Å². The lowest BCUT2D eigenvalue weighted by Crippen LogP contribution is -2.21. The maximum atomic E-state index is 12.6. The number of amides is 1. The van der Waals surface area contributed by atoms with E-state index in [4.69, 9.17) is 23.2 Å². The molecular formula is C17H12Cl2N2O. The minimum Gasteiger partial charge on any atom is -0.267 e. The number of nitrogens with zero attached hydrogens (tertiary/aromatic N) is 2. The molecule has 110 valence electrons. The first-order chi connectivity index (χ1) is 10.5. The molecule has 1 heterocycles. The standard InChI is InChI=1S/C17H12Cl2N2O/c1-11-16(10-12-2-4-13(18)5-3-12)17(22)21(20-11)15-8-6-14(19)7-9-15/h2-10H,1H3/b16-10+. The van der Waals surface area contributed by atoms with Gasteiger partial charge in [-0.2, -0.15) is 10.1 Å². The van der Waals surface area contributed by atoms with Gasteiger partial charge in [-0.25, -0.2) is 0 Å². The summed E-state index contributed by atoms with van der Waals surface area (Å²) in [6, 6.07) is 14.3. The molecule has 0 N–H and O–H groups in total. The van der Waals surface area contributed by atoms with Gasteiger partial charge in [0.1, 0.15) is 0 Å². The molecule has 3 nitrogen and oxygen atoms in total. The van der Waals surface area contributed by atoms with Crippen LogP contribution in [-0.2, 0) is 4.79 Å². The maximum Gasteiger partial charge on any atom is 0.280 e. The topological polar surface area (TPSA) is 32.7 Å². The highest BCUT2D eigenvalue weighted by atomic mass is 35.5. The molecule has 2 aromatic carbocycles. The van der Waals surface area contributed by atoms with Crippen LogP contribution >= 0.6 is 23.2 Å². The highest BCUT2D eigenvalue weighted by Crippen LogP contribution is 2.26. The van der Waals surface area contributed by atoms with Crippen LogP contribution in [0.5, 0.6) is 0 Å². The molecule has 0 aromatic heterocycles. The van der Waals surface area contributed by atoms with Gasteiger partial charge in [0.2, 0.25) is 0 Å². The van der Waals surface area contributed by atoms with Gasteiger partial charge in [0.15, 0.2) is 0 Å². The first-order valence-corrected chi connectivity index (χ1v) is 7.43. The van der Waals surface area contributed by atoms with Gasteiger partial charge in [-0.05, 0) is 55.0 Å². The molecule has 5 heteroatoms. The molecule has 0 atom stereocenters. The Morgan fingerprint density at radius 1 is 0.955 bits per heavy atom. The number of anilines is 1. The van der Waals surface area contributed by atoms with E-state index in [1.165, 1.54) is 5.01 Å². The van der Waals surface area contributed by atoms with Crippen LogP contribution in [0.1, 0.15) is 12.5 Å². The predicted octanol–water partition coefficient (Wildman–Crippen LogP) is 4.80. The van der Waals surface area contributed by atoms with Crippen LogP contribution in [0.25, 0.3) is 6.08 Å². The summed E-state index contributed by atoms with van der Waals surface area (Å²) in [7, 11) is 0. The van der Waals surface area contributed by atoms with Crippen LogP contribution in [0.3, 0.4) is 0 Å². The molecule has 22 heavy (non-hydrogen) atoms. The number of hydrogen-bond acceptors (Lipinski definition) is 2. The van der Waals surface area contributed by atoms with Crippen molar-refractivity contribution in [3.05, 3.63) is 69.7 Å². The van der Waals surface area contributed by atoms with Gasteiger partial charge in [-0.1, -0.05) is 35.3 Å². The minimum absolute atomic E-state index is 0.158. The second-order valence-corrected chi connectivity index (χ2v) is 5.76. The zero-order chi connectivity index (χ0) is 15.7. The van der Waals surface area contributed by atoms with Crippen molar-refractivity contribution >= 4 is 46.6 Å². The van der Waals surface area contributed by atoms with Crippen LogP contribution in [0.15, 0.2) is 59.2 Å². The van der Waals surface area contributed by atoms with Crippen LogP contribution in [0, 0.1) is 0 Å². The second kappa shape index (κ2) is 5.95. The lowest BCUT2D eigenvalue weighted by Gasteiger charge is -2.11. The molecule has 1 aliphatic rings. The number of rotatable bonds is 2. The van der Waals surface area contributed by atoms with Crippen LogP contribution in [0.2, 0.25) is 10.0 Å². The van der Waals surface area contributed by atoms with Crippen molar-refractivity contribution in [1.29, 1.82) is 0 Å². The Labute approximate surface area is 138 Å². The Morgan fingerprint density at radius 2 is 1.50 bits per heavy atom. The van der Waals surface area contributed by atoms with Crippen molar-refractivity contribution in [2.24, 2.45) is 5.10 Å². The third kappa shape index (κ3) is 2.91. The van der Waals surface area contributed by atoms with E-state index in [0.29, 0.717) is 27.0 Å². The normalized spacial score (nSPS) is 16.3. The molecule has 0 unspecified atom stereocenters. The number of carbonyl (C=O) groups excluding carboxylic acids is 1. The van der Waals surface area contributed by atoms with Gasteiger partial charge in [0, 0.05) is 10.0 Å². The zero-order valence-corrected chi connectivity index (χ0v) is 13.3. The average molecular weight is 331 g/mol. The van der Waals surface area contributed by atoms with E-state index >= 15 is 0 Å². The SMILES string of the molecule is CC1=NN(c2ccc(Cl)cc2)C(=O)/C1=C/c1ccc(Cl)cc1. The van der Waals surface area contributed by atoms with E-state index < -0.39 is 0 Å². The van der Waals surface area contributed by atoms with Gasteiger partial charge < -0.3 is 0 Å². The van der Waals surface area contributed by atoms with Gasteiger partial charge in [-0.15, -0.1) is 0 Å². The Hall–Kier alpha value is -2.10. The quantitative estimate of drug-likeness (QED) is 0.728. The minimum atomic E-state index is -0.158. The van der Waals surface area contributed by atoms with Crippen molar-refractivity contribution in [3.8, 4) is 0 Å². The molecule has 0 fully saturated rings. The molecule has 0 aliphatic carbocycles. The third-order valence-electron chi connectivity index (χ3n) is 3.31. The van der Waals surface area contributed by atoms with Crippen LogP contribution in [0.4, 0.5) is 5.69 Å². The first-order valence-electron chi connectivity index (χ1n) is 6.67. The van der Waals surface area contributed by atoms with Crippen molar-refractivity contribution < 1.29 is 4.79 Å². The summed E-state index contributed by atoms with van der Waals surface area (Å²) < 4.78 is 0. The summed E-state index contributed by atoms with van der Waals surface area (Å²) >= 11 is 11.7. The Kier molecular flexibility index (Phi) is 4.01. The fraction of sp³-hybridized carbons (Fsp3) is 0.0588. The van der Waals surface area contributed by atoms with Gasteiger partial charge in [0.25, 0.3) is 5.91 Å². The highest BCUT2D eigenvalue weighted by molar-refractivity contribution is 6.33. The number of hydrogen-bond donors (Lipinski definition) is 0. The summed E-state index contributed by atoms with van der Waals surface area (Å²) in [5.74, 6) is -0.158. The number of carbonyl (C=O) groups is 1. The van der Waals surface area contributed by atoms with E-state index in [2.05, 4.69) is 5.10 Å². The fourth-order valence-corrected chi connectivity index (χ4v) is 2.42. The molecule has 0 spiro atoms. The monoisotopic (exact) mass is 330 g/mol. The van der Waals surface area contributed by atoms with Crippen LogP contribution < -0.4 is 5.01 Å². The van der Waals surface area contributed by atoms with E-state index in [9.17, 15) is 4.79 Å². The fourth-order valence-electron chi connectivity index (χ4n) is 2.17. The number of hydrazone groups is 1. The first kappa shape index (κ1) is 14.8. The molecule has 0 radical (unpaired) electrons. The molecule has 2 aromatic rings. The molecule has 1 amide bonds.